The highest BCUT2D eigenvalue weighted by molar-refractivity contribution is 7.99. The van der Waals surface area contributed by atoms with E-state index in [-0.39, 0.29) is 11.3 Å². The molecular formula is C14H19N3S2. The number of nitrogens with zero attached hydrogens (tertiary/aromatic N) is 2. The van der Waals surface area contributed by atoms with Crippen LogP contribution in [0.5, 0.6) is 0 Å². The van der Waals surface area contributed by atoms with E-state index in [1.165, 1.54) is 9.75 Å². The van der Waals surface area contributed by atoms with Crippen LogP contribution in [0.25, 0.3) is 0 Å². The van der Waals surface area contributed by atoms with Gasteiger partial charge in [-0.3, -0.25) is 0 Å². The van der Waals surface area contributed by atoms with Crippen molar-refractivity contribution in [1.82, 2.24) is 9.97 Å². The van der Waals surface area contributed by atoms with Crippen LogP contribution in [0.4, 0.5) is 0 Å². The largest absolute Gasteiger partial charge is 0.326 e. The number of thiophene rings is 1. The first kappa shape index (κ1) is 14.5. The summed E-state index contributed by atoms with van der Waals surface area (Å²) in [5, 5.41) is 1.03. The van der Waals surface area contributed by atoms with Gasteiger partial charge in [0.1, 0.15) is 0 Å². The van der Waals surface area contributed by atoms with E-state index >= 15 is 0 Å². The molecule has 19 heavy (non-hydrogen) atoms. The van der Waals surface area contributed by atoms with E-state index < -0.39 is 0 Å². The number of rotatable bonds is 5. The zero-order valence-corrected chi connectivity index (χ0v) is 13.1. The molecule has 0 fully saturated rings. The molecule has 2 heterocycles. The highest BCUT2D eigenvalue weighted by Crippen LogP contribution is 2.39. The number of thioether (sulfide) groups is 1. The summed E-state index contributed by atoms with van der Waals surface area (Å²) >= 11 is 3.47. The van der Waals surface area contributed by atoms with Crippen molar-refractivity contribution >= 4 is 23.1 Å². The fourth-order valence-electron chi connectivity index (χ4n) is 1.77. The predicted molar refractivity (Wildman–Crippen MR) is 82.7 cm³/mol. The number of hydrogen-bond acceptors (Lipinski definition) is 5. The fourth-order valence-corrected chi connectivity index (χ4v) is 4.10. The highest BCUT2D eigenvalue weighted by Gasteiger charge is 2.22. The molecule has 2 N–H and O–H groups in total. The van der Waals surface area contributed by atoms with Gasteiger partial charge in [0.05, 0.1) is 5.25 Å². The Morgan fingerprint density at radius 1 is 1.32 bits per heavy atom. The van der Waals surface area contributed by atoms with E-state index in [0.717, 1.165) is 17.3 Å². The van der Waals surface area contributed by atoms with E-state index in [0.29, 0.717) is 0 Å². The molecule has 0 radical (unpaired) electrons. The Morgan fingerprint density at radius 2 is 2.11 bits per heavy atom. The molecule has 102 valence electrons. The summed E-state index contributed by atoms with van der Waals surface area (Å²) in [7, 11) is 0. The zero-order chi connectivity index (χ0) is 13.8. The number of nitrogens with two attached hydrogens (primary N) is 1. The molecule has 0 saturated carbocycles. The first-order valence-corrected chi connectivity index (χ1v) is 8.08. The van der Waals surface area contributed by atoms with Gasteiger partial charge in [-0.15, -0.1) is 11.3 Å². The summed E-state index contributed by atoms with van der Waals surface area (Å²) in [4.78, 5) is 11.4. The average molecular weight is 293 g/mol. The molecule has 2 atom stereocenters. The lowest BCUT2D eigenvalue weighted by molar-refractivity contribution is 0.638. The van der Waals surface area contributed by atoms with Crippen molar-refractivity contribution in [1.29, 1.82) is 0 Å². The number of hydrogen-bond donors (Lipinski definition) is 1. The Bertz CT molecular complexity index is 539. The minimum absolute atomic E-state index is 0.118. The van der Waals surface area contributed by atoms with Gasteiger partial charge in [-0.2, -0.15) is 0 Å². The van der Waals surface area contributed by atoms with E-state index in [2.05, 4.69) is 35.9 Å². The lowest BCUT2D eigenvalue weighted by atomic mass is 10.1. The van der Waals surface area contributed by atoms with Crippen LogP contribution in [-0.4, -0.2) is 16.0 Å². The molecule has 2 unspecified atom stereocenters. The molecule has 2 aromatic rings. The van der Waals surface area contributed by atoms with E-state index in [9.17, 15) is 0 Å². The van der Waals surface area contributed by atoms with Crippen molar-refractivity contribution in [3.05, 3.63) is 39.8 Å². The van der Waals surface area contributed by atoms with Crippen molar-refractivity contribution in [2.45, 2.75) is 43.6 Å². The summed E-state index contributed by atoms with van der Waals surface area (Å²) in [6, 6.07) is 6.34. The molecule has 0 aliphatic carbocycles. The molecule has 0 amide bonds. The molecule has 0 spiro atoms. The van der Waals surface area contributed by atoms with Crippen molar-refractivity contribution in [3.8, 4) is 0 Å². The van der Waals surface area contributed by atoms with Gasteiger partial charge in [-0.25, -0.2) is 9.97 Å². The summed E-state index contributed by atoms with van der Waals surface area (Å²) in [5.74, 6) is 0. The first-order valence-electron chi connectivity index (χ1n) is 6.38. The second-order valence-electron chi connectivity index (χ2n) is 4.54. The first-order chi connectivity index (χ1) is 9.10. The summed E-state index contributed by atoms with van der Waals surface area (Å²) < 4.78 is 0. The van der Waals surface area contributed by atoms with Gasteiger partial charge < -0.3 is 5.73 Å². The number of aryl methyl sites for hydroxylation is 2. The second kappa shape index (κ2) is 6.50. The standard InChI is InChI=1S/C14H19N3S2/c1-4-11(15)13(12-6-5-10(3)18-12)19-14-16-8-7-9(2)17-14/h5-8,11,13H,4,15H2,1-3H3. The second-order valence-corrected chi connectivity index (χ2v) is 6.97. The van der Waals surface area contributed by atoms with Crippen LogP contribution >= 0.6 is 23.1 Å². The minimum atomic E-state index is 0.118. The van der Waals surface area contributed by atoms with Crippen LogP contribution in [0.15, 0.2) is 29.6 Å². The third kappa shape index (κ3) is 3.78. The SMILES string of the molecule is CCC(N)C(Sc1nccc(C)n1)c1ccc(C)s1. The topological polar surface area (TPSA) is 51.8 Å². The van der Waals surface area contributed by atoms with Gasteiger partial charge in [0.2, 0.25) is 0 Å². The van der Waals surface area contributed by atoms with E-state index in [1.54, 1.807) is 29.3 Å². The normalized spacial score (nSPS) is 14.3. The van der Waals surface area contributed by atoms with E-state index in [1.807, 2.05) is 13.0 Å². The quantitative estimate of drug-likeness (QED) is 0.674. The Labute approximate surface area is 122 Å². The summed E-state index contributed by atoms with van der Waals surface area (Å²) in [6.45, 7) is 6.22. The molecule has 5 heteroatoms. The van der Waals surface area contributed by atoms with Crippen LogP contribution in [0.2, 0.25) is 0 Å². The Morgan fingerprint density at radius 3 is 2.68 bits per heavy atom. The molecular weight excluding hydrogens is 274 g/mol. The number of aromatic nitrogens is 2. The Hall–Kier alpha value is -0.910. The maximum absolute atomic E-state index is 6.27. The van der Waals surface area contributed by atoms with Gasteiger partial charge in [-0.1, -0.05) is 18.7 Å². The van der Waals surface area contributed by atoms with Crippen molar-refractivity contribution in [2.75, 3.05) is 0 Å². The molecule has 0 saturated heterocycles. The molecule has 0 aliphatic rings. The van der Waals surface area contributed by atoms with Gasteiger partial charge >= 0.3 is 0 Å². The maximum Gasteiger partial charge on any atom is 0.188 e. The van der Waals surface area contributed by atoms with Crippen LogP contribution in [-0.2, 0) is 0 Å². The molecule has 3 nitrogen and oxygen atoms in total. The van der Waals surface area contributed by atoms with Gasteiger partial charge in [0, 0.05) is 27.7 Å². The molecule has 0 aromatic carbocycles. The molecule has 2 rings (SSSR count). The zero-order valence-electron chi connectivity index (χ0n) is 11.5. The lowest BCUT2D eigenvalue weighted by Crippen LogP contribution is -2.25. The van der Waals surface area contributed by atoms with Crippen LogP contribution < -0.4 is 5.73 Å². The van der Waals surface area contributed by atoms with Gasteiger partial charge in [-0.05, 0) is 38.5 Å². The minimum Gasteiger partial charge on any atom is -0.326 e. The average Bonchev–Trinajstić information content (AvgIpc) is 2.81. The molecule has 0 aliphatic heterocycles. The maximum atomic E-state index is 6.27. The molecule has 0 bridgehead atoms. The van der Waals surface area contributed by atoms with Gasteiger partial charge in [0.15, 0.2) is 5.16 Å². The van der Waals surface area contributed by atoms with Crippen molar-refractivity contribution in [2.24, 2.45) is 5.73 Å². The third-order valence-corrected chi connectivity index (χ3v) is 5.40. The fraction of sp³-hybridized carbons (Fsp3) is 0.429. The van der Waals surface area contributed by atoms with Crippen LogP contribution in [0, 0.1) is 13.8 Å². The smallest absolute Gasteiger partial charge is 0.188 e. The summed E-state index contributed by atoms with van der Waals surface area (Å²) in [6.07, 6.45) is 2.75. The van der Waals surface area contributed by atoms with Crippen LogP contribution in [0.3, 0.4) is 0 Å². The van der Waals surface area contributed by atoms with Gasteiger partial charge in [0.25, 0.3) is 0 Å². The Balaban J connectivity index is 2.24. The lowest BCUT2D eigenvalue weighted by Gasteiger charge is -2.20. The van der Waals surface area contributed by atoms with E-state index in [4.69, 9.17) is 5.73 Å². The molecule has 2 aromatic heterocycles. The monoisotopic (exact) mass is 293 g/mol. The predicted octanol–water partition coefficient (Wildman–Crippen LogP) is 3.73. The van der Waals surface area contributed by atoms with Crippen molar-refractivity contribution < 1.29 is 0 Å². The summed E-state index contributed by atoms with van der Waals surface area (Å²) in [5.41, 5.74) is 7.26. The van der Waals surface area contributed by atoms with Crippen LogP contribution in [0.1, 0.15) is 34.0 Å². The third-order valence-electron chi connectivity index (χ3n) is 2.91. The Kier molecular flexibility index (Phi) is 4.96. The highest BCUT2D eigenvalue weighted by atomic mass is 32.2. The van der Waals surface area contributed by atoms with Crippen molar-refractivity contribution in [3.63, 3.8) is 0 Å².